The second kappa shape index (κ2) is 7.75. The zero-order valence-corrected chi connectivity index (χ0v) is 16.0. The first-order valence-corrected chi connectivity index (χ1v) is 8.79. The van der Waals surface area contributed by atoms with Crippen LogP contribution in [0.2, 0.25) is 0 Å². The molecule has 1 aliphatic heterocycles. The Labute approximate surface area is 169 Å². The Morgan fingerprint density at radius 2 is 1.90 bits per heavy atom. The van der Waals surface area contributed by atoms with Crippen molar-refractivity contribution in [3.05, 3.63) is 53.7 Å². The number of amides is 2. The molecule has 1 unspecified atom stereocenters. The molecule has 0 aliphatic carbocycles. The molecular weight excluding hydrogens is 403 g/mol. The summed E-state index contributed by atoms with van der Waals surface area (Å²) in [6, 6.07) is 9.01. The third kappa shape index (κ3) is 3.83. The smallest absolute Gasteiger partial charge is 0.361 e. The van der Waals surface area contributed by atoms with E-state index in [9.17, 15) is 27.9 Å². The summed E-state index contributed by atoms with van der Waals surface area (Å²) in [6.45, 7) is 1.56. The van der Waals surface area contributed by atoms with Gasteiger partial charge in [-0.25, -0.2) is 9.99 Å². The number of pyridine rings is 1. The number of hydrazone groups is 1. The van der Waals surface area contributed by atoms with Crippen molar-refractivity contribution in [1.82, 2.24) is 10.3 Å². The highest BCUT2D eigenvalue weighted by Gasteiger charge is 2.55. The highest BCUT2D eigenvalue weighted by atomic mass is 19.4. The molecule has 1 aromatic carbocycles. The van der Waals surface area contributed by atoms with E-state index in [1.807, 2.05) is 0 Å². The lowest BCUT2D eigenvalue weighted by molar-refractivity contribution is -0.133. The standard InChI is InChI=1S/C19H18F3N5O3/c1-11-6-5-9-24-15(11)27-18(30,10-14(26-27)19(20,21)22)17(29)25-13-8-4-3-7-12(13)16(28)23-2/h3-9,30H,10H2,1-2H3,(H,23,28)(H,25,29). The molecule has 0 saturated heterocycles. The molecule has 0 bridgehead atoms. The zero-order chi connectivity index (χ0) is 22.1. The summed E-state index contributed by atoms with van der Waals surface area (Å²) in [5.41, 5.74) is -3.54. The molecule has 2 amide bonds. The lowest BCUT2D eigenvalue weighted by Crippen LogP contribution is -2.54. The third-order valence-corrected chi connectivity index (χ3v) is 4.51. The second-order valence-corrected chi connectivity index (χ2v) is 6.57. The average Bonchev–Trinajstić information content (AvgIpc) is 3.07. The highest BCUT2D eigenvalue weighted by molar-refractivity contribution is 6.09. The number of aryl methyl sites for hydroxylation is 1. The molecule has 1 aliphatic rings. The van der Waals surface area contributed by atoms with Crippen molar-refractivity contribution in [1.29, 1.82) is 0 Å². The van der Waals surface area contributed by atoms with Crippen molar-refractivity contribution in [2.45, 2.75) is 25.2 Å². The number of alkyl halides is 3. The van der Waals surface area contributed by atoms with Gasteiger partial charge >= 0.3 is 6.18 Å². The Balaban J connectivity index is 2.02. The highest BCUT2D eigenvalue weighted by Crippen LogP contribution is 2.37. The molecule has 0 saturated carbocycles. The Kier molecular flexibility index (Phi) is 5.49. The molecule has 1 atom stereocenters. The van der Waals surface area contributed by atoms with E-state index in [0.717, 1.165) is 0 Å². The van der Waals surface area contributed by atoms with Crippen molar-refractivity contribution >= 4 is 29.0 Å². The Hall–Kier alpha value is -3.47. The summed E-state index contributed by atoms with van der Waals surface area (Å²) in [5.74, 6) is -1.81. The van der Waals surface area contributed by atoms with Crippen LogP contribution in [0, 0.1) is 6.92 Å². The van der Waals surface area contributed by atoms with Crippen molar-refractivity contribution in [3.8, 4) is 0 Å². The molecule has 3 rings (SSSR count). The van der Waals surface area contributed by atoms with E-state index in [0.29, 0.717) is 10.6 Å². The summed E-state index contributed by atoms with van der Waals surface area (Å²) < 4.78 is 40.0. The number of carbonyl (C=O) groups is 2. The number of hydrogen-bond donors (Lipinski definition) is 3. The minimum Gasteiger partial charge on any atom is -0.361 e. The van der Waals surface area contributed by atoms with Gasteiger partial charge in [0.1, 0.15) is 5.71 Å². The number of rotatable bonds is 4. The van der Waals surface area contributed by atoms with E-state index in [1.165, 1.54) is 31.4 Å². The van der Waals surface area contributed by atoms with Crippen LogP contribution in [0.1, 0.15) is 22.3 Å². The van der Waals surface area contributed by atoms with E-state index in [2.05, 4.69) is 20.7 Å². The van der Waals surface area contributed by atoms with Crippen LogP contribution in [0.5, 0.6) is 0 Å². The number of hydrogen-bond acceptors (Lipinski definition) is 6. The molecular formula is C19H18F3N5O3. The predicted molar refractivity (Wildman–Crippen MR) is 103 cm³/mol. The number of aromatic nitrogens is 1. The minimum atomic E-state index is -4.86. The van der Waals surface area contributed by atoms with Crippen molar-refractivity contribution < 1.29 is 27.9 Å². The van der Waals surface area contributed by atoms with Gasteiger partial charge in [-0.1, -0.05) is 18.2 Å². The maximum Gasteiger partial charge on any atom is 0.431 e. The van der Waals surface area contributed by atoms with Crippen LogP contribution in [-0.4, -0.2) is 46.6 Å². The molecule has 3 N–H and O–H groups in total. The monoisotopic (exact) mass is 421 g/mol. The van der Waals surface area contributed by atoms with E-state index in [-0.39, 0.29) is 17.1 Å². The number of nitrogens with zero attached hydrogens (tertiary/aromatic N) is 3. The van der Waals surface area contributed by atoms with Crippen LogP contribution in [0.15, 0.2) is 47.7 Å². The van der Waals surface area contributed by atoms with Gasteiger partial charge < -0.3 is 15.7 Å². The Morgan fingerprint density at radius 3 is 2.53 bits per heavy atom. The Bertz CT molecular complexity index is 1020. The minimum absolute atomic E-state index is 0.0217. The summed E-state index contributed by atoms with van der Waals surface area (Å²) in [7, 11) is 1.39. The number of halogens is 3. The van der Waals surface area contributed by atoms with Gasteiger partial charge in [-0.05, 0) is 30.7 Å². The molecule has 0 spiro atoms. The van der Waals surface area contributed by atoms with Gasteiger partial charge in [0.25, 0.3) is 11.8 Å². The van der Waals surface area contributed by atoms with Crippen LogP contribution >= 0.6 is 0 Å². The topological polar surface area (TPSA) is 107 Å². The van der Waals surface area contributed by atoms with E-state index < -0.39 is 35.8 Å². The van der Waals surface area contributed by atoms with Crippen molar-refractivity contribution in [2.75, 3.05) is 17.4 Å². The number of carbonyl (C=O) groups excluding carboxylic acids is 2. The first-order chi connectivity index (χ1) is 14.1. The first kappa shape index (κ1) is 21.2. The molecule has 0 radical (unpaired) electrons. The SMILES string of the molecule is CNC(=O)c1ccccc1NC(=O)C1(O)CC(C(F)(F)F)=NN1c1ncccc1C. The maximum absolute atomic E-state index is 13.3. The number of nitrogens with one attached hydrogen (secondary N) is 2. The van der Waals surface area contributed by atoms with Gasteiger partial charge in [0.05, 0.1) is 17.7 Å². The fourth-order valence-electron chi connectivity index (χ4n) is 2.95. The van der Waals surface area contributed by atoms with Gasteiger partial charge in [-0.2, -0.15) is 18.3 Å². The predicted octanol–water partition coefficient (Wildman–Crippen LogP) is 2.21. The first-order valence-electron chi connectivity index (χ1n) is 8.79. The molecule has 0 fully saturated rings. The van der Waals surface area contributed by atoms with E-state index in [1.54, 1.807) is 25.1 Å². The zero-order valence-electron chi connectivity index (χ0n) is 16.0. The summed E-state index contributed by atoms with van der Waals surface area (Å²) in [4.78, 5) is 28.9. The molecule has 30 heavy (non-hydrogen) atoms. The van der Waals surface area contributed by atoms with Gasteiger partial charge in [-0.3, -0.25) is 9.59 Å². The van der Waals surface area contributed by atoms with Crippen LogP contribution in [0.3, 0.4) is 0 Å². The van der Waals surface area contributed by atoms with Gasteiger partial charge in [0.2, 0.25) is 5.72 Å². The fraction of sp³-hybridized carbons (Fsp3) is 0.263. The van der Waals surface area contributed by atoms with Crippen LogP contribution in [0.25, 0.3) is 0 Å². The van der Waals surface area contributed by atoms with Gasteiger partial charge in [0, 0.05) is 13.2 Å². The molecule has 2 heterocycles. The van der Waals surface area contributed by atoms with Gasteiger partial charge in [-0.15, -0.1) is 0 Å². The lowest BCUT2D eigenvalue weighted by Gasteiger charge is -2.31. The molecule has 1 aromatic heterocycles. The van der Waals surface area contributed by atoms with Crippen LogP contribution < -0.4 is 15.6 Å². The maximum atomic E-state index is 13.3. The summed E-state index contributed by atoms with van der Waals surface area (Å²) >= 11 is 0. The molecule has 158 valence electrons. The largest absolute Gasteiger partial charge is 0.431 e. The third-order valence-electron chi connectivity index (χ3n) is 4.51. The second-order valence-electron chi connectivity index (χ2n) is 6.57. The number of aliphatic hydroxyl groups is 1. The van der Waals surface area contributed by atoms with Crippen molar-refractivity contribution in [2.24, 2.45) is 5.10 Å². The summed E-state index contributed by atoms with van der Waals surface area (Å²) in [6.07, 6.45) is -4.66. The van der Waals surface area contributed by atoms with Crippen LogP contribution in [0.4, 0.5) is 24.7 Å². The molecule has 2 aromatic rings. The lowest BCUT2D eigenvalue weighted by atomic mass is 10.0. The number of benzene rings is 1. The average molecular weight is 421 g/mol. The number of para-hydroxylation sites is 1. The quantitative estimate of drug-likeness (QED) is 0.702. The molecule has 8 nitrogen and oxygen atoms in total. The van der Waals surface area contributed by atoms with Crippen molar-refractivity contribution in [3.63, 3.8) is 0 Å². The molecule has 11 heteroatoms. The summed E-state index contributed by atoms with van der Waals surface area (Å²) in [5, 5.41) is 19.8. The van der Waals surface area contributed by atoms with E-state index >= 15 is 0 Å². The normalized spacial score (nSPS) is 18.7. The Morgan fingerprint density at radius 1 is 1.20 bits per heavy atom. The van der Waals surface area contributed by atoms with E-state index in [4.69, 9.17) is 0 Å². The van der Waals surface area contributed by atoms with Crippen LogP contribution in [-0.2, 0) is 4.79 Å². The number of anilines is 2. The fourth-order valence-corrected chi connectivity index (χ4v) is 2.95. The van der Waals surface area contributed by atoms with Gasteiger partial charge in [0.15, 0.2) is 5.82 Å².